The lowest BCUT2D eigenvalue weighted by Gasteiger charge is -2.32. The van der Waals surface area contributed by atoms with Gasteiger partial charge < -0.3 is 14.5 Å². The molecule has 0 N–H and O–H groups in total. The molecule has 1 fully saturated rings. The molecule has 0 amide bonds. The van der Waals surface area contributed by atoms with Gasteiger partial charge in [-0.1, -0.05) is 33.6 Å². The van der Waals surface area contributed by atoms with E-state index in [0.29, 0.717) is 5.41 Å². The molecule has 1 aliphatic heterocycles. The normalized spacial score (nSPS) is 19.9. The first-order chi connectivity index (χ1) is 9.90. The van der Waals surface area contributed by atoms with Crippen LogP contribution in [0, 0.1) is 11.3 Å². The molecule has 0 aliphatic carbocycles. The topological polar surface area (TPSA) is 15.7 Å². The quantitative estimate of drug-likeness (QED) is 0.606. The standard InChI is InChI=1S/C18H38N2O/c1-18(2,3)16-17(9-15-21-5)8-6-7-10-20-13-11-19(4)12-14-20/h17H,6-16H2,1-5H3/t17-/m0/s1. The lowest BCUT2D eigenvalue weighted by atomic mass is 9.81. The summed E-state index contributed by atoms with van der Waals surface area (Å²) in [5.41, 5.74) is 0.440. The minimum atomic E-state index is 0.440. The number of hydrogen-bond acceptors (Lipinski definition) is 3. The highest BCUT2D eigenvalue weighted by Gasteiger charge is 2.19. The van der Waals surface area contributed by atoms with Crippen LogP contribution in [0.5, 0.6) is 0 Å². The Hall–Kier alpha value is -0.120. The number of methoxy groups -OCH3 is 1. The molecule has 0 unspecified atom stereocenters. The Balaban J connectivity index is 2.16. The van der Waals surface area contributed by atoms with Gasteiger partial charge in [0.05, 0.1) is 0 Å². The summed E-state index contributed by atoms with van der Waals surface area (Å²) in [7, 11) is 4.05. The zero-order valence-electron chi connectivity index (χ0n) is 15.2. The Morgan fingerprint density at radius 1 is 1.00 bits per heavy atom. The summed E-state index contributed by atoms with van der Waals surface area (Å²) in [4.78, 5) is 5.06. The first-order valence-electron chi connectivity index (χ1n) is 8.80. The van der Waals surface area contributed by atoms with Crippen LogP contribution in [0.15, 0.2) is 0 Å². The Labute approximate surface area is 133 Å². The van der Waals surface area contributed by atoms with E-state index in [2.05, 4.69) is 37.6 Å². The molecule has 0 saturated carbocycles. The zero-order chi connectivity index (χ0) is 15.7. The maximum Gasteiger partial charge on any atom is 0.0464 e. The molecule has 1 atom stereocenters. The fourth-order valence-electron chi connectivity index (χ4n) is 3.34. The SMILES string of the molecule is COCC[C@H](CCCCN1CCN(C)CC1)CC(C)(C)C. The molecule has 3 heteroatoms. The highest BCUT2D eigenvalue weighted by Crippen LogP contribution is 2.29. The highest BCUT2D eigenvalue weighted by molar-refractivity contribution is 4.72. The van der Waals surface area contributed by atoms with E-state index in [1.165, 1.54) is 64.8 Å². The van der Waals surface area contributed by atoms with E-state index in [0.717, 1.165) is 12.5 Å². The van der Waals surface area contributed by atoms with Gasteiger partial charge in [-0.25, -0.2) is 0 Å². The second-order valence-corrected chi connectivity index (χ2v) is 8.05. The average Bonchev–Trinajstić information content (AvgIpc) is 2.41. The highest BCUT2D eigenvalue weighted by atomic mass is 16.5. The second-order valence-electron chi connectivity index (χ2n) is 8.05. The molecule has 126 valence electrons. The van der Waals surface area contributed by atoms with Crippen molar-refractivity contribution in [1.29, 1.82) is 0 Å². The van der Waals surface area contributed by atoms with Crippen LogP contribution in [0.1, 0.15) is 52.9 Å². The van der Waals surface area contributed by atoms with Gasteiger partial charge in [0.2, 0.25) is 0 Å². The molecule has 0 aromatic carbocycles. The fraction of sp³-hybridized carbons (Fsp3) is 1.00. The average molecular weight is 299 g/mol. The third-order valence-electron chi connectivity index (χ3n) is 4.56. The smallest absolute Gasteiger partial charge is 0.0464 e. The van der Waals surface area contributed by atoms with Crippen molar-refractivity contribution in [1.82, 2.24) is 9.80 Å². The largest absolute Gasteiger partial charge is 0.385 e. The third kappa shape index (κ3) is 9.49. The third-order valence-corrected chi connectivity index (χ3v) is 4.56. The number of rotatable bonds is 9. The van der Waals surface area contributed by atoms with Crippen LogP contribution in [0.3, 0.4) is 0 Å². The van der Waals surface area contributed by atoms with E-state index in [4.69, 9.17) is 4.74 Å². The van der Waals surface area contributed by atoms with Crippen molar-refractivity contribution in [2.24, 2.45) is 11.3 Å². The molecule has 1 saturated heterocycles. The summed E-state index contributed by atoms with van der Waals surface area (Å²) >= 11 is 0. The van der Waals surface area contributed by atoms with Crippen LogP contribution in [0.4, 0.5) is 0 Å². The number of nitrogens with zero attached hydrogens (tertiary/aromatic N) is 2. The van der Waals surface area contributed by atoms with Crippen molar-refractivity contribution >= 4 is 0 Å². The number of ether oxygens (including phenoxy) is 1. The van der Waals surface area contributed by atoms with Gasteiger partial charge in [0, 0.05) is 39.9 Å². The van der Waals surface area contributed by atoms with Crippen molar-refractivity contribution in [3.8, 4) is 0 Å². The summed E-state index contributed by atoms with van der Waals surface area (Å²) in [5, 5.41) is 0. The van der Waals surface area contributed by atoms with E-state index in [9.17, 15) is 0 Å². The van der Waals surface area contributed by atoms with E-state index in [-0.39, 0.29) is 0 Å². The Morgan fingerprint density at radius 3 is 2.24 bits per heavy atom. The molecule has 1 heterocycles. The molecular formula is C18H38N2O. The summed E-state index contributed by atoms with van der Waals surface area (Å²) in [5.74, 6) is 0.831. The van der Waals surface area contributed by atoms with Crippen molar-refractivity contribution in [2.75, 3.05) is 53.5 Å². The summed E-state index contributed by atoms with van der Waals surface area (Å²) in [6.45, 7) is 14.3. The van der Waals surface area contributed by atoms with Gasteiger partial charge in [0.15, 0.2) is 0 Å². The molecule has 0 bridgehead atoms. The lowest BCUT2D eigenvalue weighted by Crippen LogP contribution is -2.44. The van der Waals surface area contributed by atoms with Gasteiger partial charge in [0.1, 0.15) is 0 Å². The van der Waals surface area contributed by atoms with Crippen LogP contribution in [-0.2, 0) is 4.74 Å². The Kier molecular flexibility index (Phi) is 8.84. The molecular weight excluding hydrogens is 260 g/mol. The first-order valence-corrected chi connectivity index (χ1v) is 8.80. The van der Waals surface area contributed by atoms with E-state index >= 15 is 0 Å². The molecule has 3 nitrogen and oxygen atoms in total. The van der Waals surface area contributed by atoms with E-state index < -0.39 is 0 Å². The van der Waals surface area contributed by atoms with Gasteiger partial charge in [-0.05, 0) is 44.2 Å². The van der Waals surface area contributed by atoms with Gasteiger partial charge in [0.25, 0.3) is 0 Å². The molecule has 1 aliphatic rings. The summed E-state index contributed by atoms with van der Waals surface area (Å²) in [6.07, 6.45) is 6.65. The van der Waals surface area contributed by atoms with E-state index in [1.54, 1.807) is 0 Å². The van der Waals surface area contributed by atoms with Gasteiger partial charge in [-0.2, -0.15) is 0 Å². The van der Waals surface area contributed by atoms with Crippen molar-refractivity contribution in [3.63, 3.8) is 0 Å². The molecule has 0 aromatic rings. The van der Waals surface area contributed by atoms with Gasteiger partial charge >= 0.3 is 0 Å². The minimum absolute atomic E-state index is 0.440. The minimum Gasteiger partial charge on any atom is -0.385 e. The van der Waals surface area contributed by atoms with Crippen molar-refractivity contribution in [2.45, 2.75) is 52.9 Å². The summed E-state index contributed by atoms with van der Waals surface area (Å²) in [6, 6.07) is 0. The van der Waals surface area contributed by atoms with Crippen LogP contribution in [0.25, 0.3) is 0 Å². The predicted octanol–water partition coefficient (Wildman–Crippen LogP) is 3.49. The van der Waals surface area contributed by atoms with Crippen LogP contribution >= 0.6 is 0 Å². The van der Waals surface area contributed by atoms with Gasteiger partial charge in [-0.3, -0.25) is 0 Å². The maximum absolute atomic E-state index is 5.29. The molecule has 21 heavy (non-hydrogen) atoms. The monoisotopic (exact) mass is 298 g/mol. The Bertz CT molecular complexity index is 254. The Morgan fingerprint density at radius 2 is 1.67 bits per heavy atom. The first kappa shape index (κ1) is 18.9. The van der Waals surface area contributed by atoms with Crippen LogP contribution in [-0.4, -0.2) is 63.3 Å². The van der Waals surface area contributed by atoms with Crippen molar-refractivity contribution < 1.29 is 4.74 Å². The van der Waals surface area contributed by atoms with Gasteiger partial charge in [-0.15, -0.1) is 0 Å². The molecule has 0 aromatic heterocycles. The van der Waals surface area contributed by atoms with Crippen LogP contribution in [0.2, 0.25) is 0 Å². The fourth-order valence-corrected chi connectivity index (χ4v) is 3.34. The molecule has 0 radical (unpaired) electrons. The zero-order valence-corrected chi connectivity index (χ0v) is 15.2. The number of piperazine rings is 1. The van der Waals surface area contributed by atoms with Crippen molar-refractivity contribution in [3.05, 3.63) is 0 Å². The number of likely N-dealkylation sites (N-methyl/N-ethyl adjacent to an activating group) is 1. The summed E-state index contributed by atoms with van der Waals surface area (Å²) < 4.78 is 5.29. The maximum atomic E-state index is 5.29. The molecule has 1 rings (SSSR count). The predicted molar refractivity (Wildman–Crippen MR) is 91.8 cm³/mol. The second kappa shape index (κ2) is 9.81. The number of unbranched alkanes of at least 4 members (excludes halogenated alkanes) is 1. The number of hydrogen-bond donors (Lipinski definition) is 0. The lowest BCUT2D eigenvalue weighted by molar-refractivity contribution is 0.145. The van der Waals surface area contributed by atoms with E-state index in [1.807, 2.05) is 7.11 Å². The van der Waals surface area contributed by atoms with Crippen LogP contribution < -0.4 is 0 Å². The molecule has 0 spiro atoms.